The van der Waals surface area contributed by atoms with E-state index in [0.29, 0.717) is 37.9 Å². The van der Waals surface area contributed by atoms with E-state index in [-0.39, 0.29) is 12.5 Å². The number of hydrogen-bond donors (Lipinski definition) is 1. The summed E-state index contributed by atoms with van der Waals surface area (Å²) in [6.45, 7) is 2.64. The molecule has 120 valence electrons. The van der Waals surface area contributed by atoms with E-state index in [9.17, 15) is 4.79 Å². The lowest BCUT2D eigenvalue weighted by Gasteiger charge is -2.24. The minimum atomic E-state index is -0.344. The highest BCUT2D eigenvalue weighted by Crippen LogP contribution is 2.06. The quantitative estimate of drug-likeness (QED) is 0.559. The lowest BCUT2D eigenvalue weighted by Crippen LogP contribution is -2.37. The summed E-state index contributed by atoms with van der Waals surface area (Å²) in [7, 11) is 0. The molecule has 0 unspecified atom stereocenters. The number of morpholine rings is 1. The lowest BCUT2D eigenvalue weighted by molar-refractivity contribution is -0.122. The van der Waals surface area contributed by atoms with Crippen LogP contribution in [0, 0.1) is 0 Å². The van der Waals surface area contributed by atoms with Crippen LogP contribution in [0.25, 0.3) is 0 Å². The predicted octanol–water partition coefficient (Wildman–Crippen LogP) is -0.945. The summed E-state index contributed by atoms with van der Waals surface area (Å²) >= 11 is 0. The molecule has 1 amide bonds. The van der Waals surface area contributed by atoms with Crippen molar-refractivity contribution < 1.29 is 9.53 Å². The number of anilines is 1. The van der Waals surface area contributed by atoms with Gasteiger partial charge < -0.3 is 9.64 Å². The highest BCUT2D eigenvalue weighted by molar-refractivity contribution is 5.80. The molecule has 3 heterocycles. The molecule has 10 nitrogen and oxygen atoms in total. The van der Waals surface area contributed by atoms with Crippen molar-refractivity contribution in [2.24, 2.45) is 5.10 Å². The average Bonchev–Trinajstić information content (AvgIpc) is 3.05. The van der Waals surface area contributed by atoms with Crippen molar-refractivity contribution in [2.45, 2.75) is 6.54 Å². The van der Waals surface area contributed by atoms with E-state index in [4.69, 9.17) is 4.74 Å². The van der Waals surface area contributed by atoms with Crippen LogP contribution in [0.5, 0.6) is 0 Å². The molecule has 0 aromatic carbocycles. The van der Waals surface area contributed by atoms with Gasteiger partial charge in [0.1, 0.15) is 6.54 Å². The zero-order valence-corrected chi connectivity index (χ0v) is 12.4. The van der Waals surface area contributed by atoms with E-state index in [2.05, 4.69) is 30.9 Å². The number of ether oxygens (including phenoxy) is 1. The smallest absolute Gasteiger partial charge is 0.266 e. The molecule has 0 atom stereocenters. The first-order chi connectivity index (χ1) is 11.3. The number of hydrogen-bond acceptors (Lipinski definition) is 8. The van der Waals surface area contributed by atoms with Gasteiger partial charge in [-0.2, -0.15) is 9.90 Å². The molecule has 1 aliphatic rings. The Morgan fingerprint density at radius 3 is 3.04 bits per heavy atom. The summed E-state index contributed by atoms with van der Waals surface area (Å²) in [5, 5.41) is 15.8. The molecule has 0 bridgehead atoms. The first kappa shape index (κ1) is 15.0. The van der Waals surface area contributed by atoms with Crippen LogP contribution in [-0.4, -0.2) is 63.6 Å². The number of hydrazone groups is 1. The summed E-state index contributed by atoms with van der Waals surface area (Å²) in [6.07, 6.45) is 3.11. The fraction of sp³-hybridized carbons (Fsp3) is 0.385. The van der Waals surface area contributed by atoms with Crippen LogP contribution in [-0.2, 0) is 16.1 Å². The van der Waals surface area contributed by atoms with Crippen LogP contribution in [0.2, 0.25) is 0 Å². The number of rotatable bonds is 5. The van der Waals surface area contributed by atoms with E-state index >= 15 is 0 Å². The third-order valence-electron chi connectivity index (χ3n) is 3.10. The lowest BCUT2D eigenvalue weighted by atomic mass is 10.4. The number of pyridine rings is 1. The molecule has 1 N–H and O–H groups in total. The second-order valence-corrected chi connectivity index (χ2v) is 4.77. The van der Waals surface area contributed by atoms with Crippen molar-refractivity contribution in [3.8, 4) is 0 Å². The normalized spacial score (nSPS) is 15.0. The number of carbonyl (C=O) groups is 1. The maximum atomic E-state index is 11.8. The third kappa shape index (κ3) is 4.30. The van der Waals surface area contributed by atoms with Crippen molar-refractivity contribution in [3.05, 3.63) is 30.1 Å². The average molecular weight is 316 g/mol. The number of aromatic nitrogens is 5. The van der Waals surface area contributed by atoms with Gasteiger partial charge in [0, 0.05) is 19.3 Å². The first-order valence-electron chi connectivity index (χ1n) is 7.15. The van der Waals surface area contributed by atoms with Gasteiger partial charge in [0.15, 0.2) is 0 Å². The van der Waals surface area contributed by atoms with Crippen LogP contribution < -0.4 is 10.3 Å². The van der Waals surface area contributed by atoms with Gasteiger partial charge in [-0.3, -0.25) is 9.78 Å². The Morgan fingerprint density at radius 2 is 2.26 bits per heavy atom. The third-order valence-corrected chi connectivity index (χ3v) is 3.10. The van der Waals surface area contributed by atoms with Crippen molar-refractivity contribution >= 4 is 18.1 Å². The number of amides is 1. The summed E-state index contributed by atoms with van der Waals surface area (Å²) < 4.78 is 5.26. The van der Waals surface area contributed by atoms with Crippen molar-refractivity contribution in [1.82, 2.24) is 30.6 Å². The molecule has 0 aliphatic carbocycles. The van der Waals surface area contributed by atoms with Crippen LogP contribution in [0.4, 0.5) is 5.95 Å². The van der Waals surface area contributed by atoms with Gasteiger partial charge in [0.05, 0.1) is 25.1 Å². The van der Waals surface area contributed by atoms with E-state index < -0.39 is 0 Å². The van der Waals surface area contributed by atoms with E-state index in [1.54, 1.807) is 18.3 Å². The molecule has 10 heteroatoms. The maximum Gasteiger partial charge on any atom is 0.266 e. The van der Waals surface area contributed by atoms with Gasteiger partial charge in [-0.25, -0.2) is 5.43 Å². The largest absolute Gasteiger partial charge is 0.378 e. The van der Waals surface area contributed by atoms with Crippen LogP contribution >= 0.6 is 0 Å². The Labute approximate surface area is 132 Å². The fourth-order valence-corrected chi connectivity index (χ4v) is 1.98. The van der Waals surface area contributed by atoms with Crippen molar-refractivity contribution in [1.29, 1.82) is 0 Å². The van der Waals surface area contributed by atoms with Gasteiger partial charge in [0.2, 0.25) is 0 Å². The molecular weight excluding hydrogens is 300 g/mol. The highest BCUT2D eigenvalue weighted by atomic mass is 16.5. The minimum Gasteiger partial charge on any atom is -0.378 e. The molecular formula is C13H16N8O2. The van der Waals surface area contributed by atoms with Crippen LogP contribution in [0.1, 0.15) is 5.69 Å². The fourth-order valence-electron chi connectivity index (χ4n) is 1.98. The predicted molar refractivity (Wildman–Crippen MR) is 80.8 cm³/mol. The van der Waals surface area contributed by atoms with E-state index in [1.807, 2.05) is 11.0 Å². The number of nitrogens with one attached hydrogen (secondary N) is 1. The molecule has 2 aromatic rings. The van der Waals surface area contributed by atoms with Crippen molar-refractivity contribution in [3.63, 3.8) is 0 Å². The molecule has 0 spiro atoms. The Balaban J connectivity index is 1.50. The van der Waals surface area contributed by atoms with Gasteiger partial charge in [-0.1, -0.05) is 11.2 Å². The first-order valence-corrected chi connectivity index (χ1v) is 7.15. The molecule has 0 radical (unpaired) electrons. The van der Waals surface area contributed by atoms with Gasteiger partial charge >= 0.3 is 0 Å². The summed E-state index contributed by atoms with van der Waals surface area (Å²) in [6, 6.07) is 5.42. The summed E-state index contributed by atoms with van der Waals surface area (Å²) in [5.41, 5.74) is 3.05. The van der Waals surface area contributed by atoms with Crippen LogP contribution in [0.3, 0.4) is 0 Å². The standard InChI is InChI=1S/C13H16N8O2/c22-12(16-15-9-11-3-1-2-4-14-11)10-21-18-13(17-19-21)20-5-7-23-8-6-20/h1-4,9H,5-8,10H2,(H,16,22)/b15-9+. The van der Waals surface area contributed by atoms with E-state index in [0.717, 1.165) is 0 Å². The number of tetrazole rings is 1. The molecule has 0 saturated carbocycles. The summed E-state index contributed by atoms with van der Waals surface area (Å²) in [5.74, 6) is 0.154. The zero-order chi connectivity index (χ0) is 15.9. The van der Waals surface area contributed by atoms with E-state index in [1.165, 1.54) is 11.0 Å². The molecule has 2 aromatic heterocycles. The minimum absolute atomic E-state index is 0.0586. The highest BCUT2D eigenvalue weighted by Gasteiger charge is 2.16. The van der Waals surface area contributed by atoms with Gasteiger partial charge in [-0.05, 0) is 17.3 Å². The van der Waals surface area contributed by atoms with Crippen molar-refractivity contribution in [2.75, 3.05) is 31.2 Å². The Kier molecular flexibility index (Phi) is 4.84. The second kappa shape index (κ2) is 7.40. The Bertz CT molecular complexity index is 666. The second-order valence-electron chi connectivity index (χ2n) is 4.77. The topological polar surface area (TPSA) is 110 Å². The molecule has 3 rings (SSSR count). The zero-order valence-electron chi connectivity index (χ0n) is 12.4. The monoisotopic (exact) mass is 316 g/mol. The summed E-state index contributed by atoms with van der Waals surface area (Å²) in [4.78, 5) is 19.0. The Hall–Kier alpha value is -2.88. The molecule has 1 aliphatic heterocycles. The molecule has 1 saturated heterocycles. The van der Waals surface area contributed by atoms with Gasteiger partial charge in [-0.15, -0.1) is 5.10 Å². The van der Waals surface area contributed by atoms with Crippen LogP contribution in [0.15, 0.2) is 29.5 Å². The molecule has 23 heavy (non-hydrogen) atoms. The number of carbonyl (C=O) groups excluding carboxylic acids is 1. The van der Waals surface area contributed by atoms with Gasteiger partial charge in [0.25, 0.3) is 11.9 Å². The Morgan fingerprint density at radius 1 is 1.39 bits per heavy atom. The maximum absolute atomic E-state index is 11.8. The number of nitrogens with zero attached hydrogens (tertiary/aromatic N) is 7. The molecule has 1 fully saturated rings. The SMILES string of the molecule is O=C(Cn1nnc(N2CCOCC2)n1)N/N=C/c1ccccn1.